The van der Waals surface area contributed by atoms with Gasteiger partial charge < -0.3 is 15.1 Å². The van der Waals surface area contributed by atoms with Gasteiger partial charge in [-0.05, 0) is 26.2 Å². The Balaban J connectivity index is 2.04. The second-order valence-corrected chi connectivity index (χ2v) is 5.53. The minimum atomic E-state index is -0.249. The number of nitrogens with one attached hydrogen (secondary N) is 1. The third-order valence-corrected chi connectivity index (χ3v) is 4.08. The highest BCUT2D eigenvalue weighted by atomic mass is 16.2. The van der Waals surface area contributed by atoms with E-state index in [9.17, 15) is 9.59 Å². The Morgan fingerprint density at radius 2 is 1.95 bits per heavy atom. The molecule has 2 aliphatic rings. The van der Waals surface area contributed by atoms with Crippen molar-refractivity contribution in [2.75, 3.05) is 32.7 Å². The maximum atomic E-state index is 12.6. The van der Waals surface area contributed by atoms with Crippen LogP contribution in [0.25, 0.3) is 0 Å². The number of hydrogen-bond donors (Lipinski definition) is 1. The Bertz CT molecular complexity index is 400. The lowest BCUT2D eigenvalue weighted by molar-refractivity contribution is -0.142. The van der Waals surface area contributed by atoms with E-state index in [1.54, 1.807) is 4.90 Å². The zero-order valence-corrected chi connectivity index (χ0v) is 12.5. The van der Waals surface area contributed by atoms with Crippen molar-refractivity contribution < 1.29 is 9.59 Å². The van der Waals surface area contributed by atoms with Gasteiger partial charge in [0.05, 0.1) is 0 Å². The predicted molar refractivity (Wildman–Crippen MR) is 78.2 cm³/mol. The third-order valence-electron chi connectivity index (χ3n) is 4.08. The summed E-state index contributed by atoms with van der Waals surface area (Å²) in [6.45, 7) is 7.77. The summed E-state index contributed by atoms with van der Waals surface area (Å²) in [6.07, 6.45) is 4.51. The largest absolute Gasteiger partial charge is 0.338 e. The lowest BCUT2D eigenvalue weighted by atomic mass is 10.1. The molecule has 0 aliphatic carbocycles. The molecule has 0 spiro atoms. The molecular weight excluding hydrogens is 254 g/mol. The van der Waals surface area contributed by atoms with Crippen LogP contribution in [-0.2, 0) is 9.59 Å². The van der Waals surface area contributed by atoms with Crippen LogP contribution < -0.4 is 5.32 Å². The number of carbonyl (C=O) groups is 2. The van der Waals surface area contributed by atoms with Gasteiger partial charge in [0.2, 0.25) is 11.8 Å². The van der Waals surface area contributed by atoms with E-state index in [4.69, 9.17) is 0 Å². The smallest absolute Gasteiger partial charge is 0.249 e. The molecule has 0 radical (unpaired) electrons. The number of amides is 2. The van der Waals surface area contributed by atoms with E-state index < -0.39 is 0 Å². The molecule has 20 heavy (non-hydrogen) atoms. The van der Waals surface area contributed by atoms with Gasteiger partial charge in [-0.25, -0.2) is 0 Å². The number of carbonyl (C=O) groups excluding carboxylic acids is 2. The van der Waals surface area contributed by atoms with E-state index in [0.717, 1.165) is 51.0 Å². The summed E-state index contributed by atoms with van der Waals surface area (Å²) in [4.78, 5) is 28.7. The highest BCUT2D eigenvalue weighted by Crippen LogP contribution is 2.22. The fourth-order valence-corrected chi connectivity index (χ4v) is 2.98. The first-order chi connectivity index (χ1) is 9.65. The molecule has 2 amide bonds. The van der Waals surface area contributed by atoms with Crippen LogP contribution in [0.2, 0.25) is 0 Å². The molecule has 0 aromatic heterocycles. The number of piperazine rings is 1. The van der Waals surface area contributed by atoms with Gasteiger partial charge in [-0.3, -0.25) is 9.59 Å². The molecule has 5 heteroatoms. The molecule has 112 valence electrons. The standard InChI is InChI=1S/C15H25N3O2/c1-3-5-12(2)14(19)18-9-4-6-13(18)15(20)17-10-7-16-8-11-17/h5,13,16H,3-4,6-11H2,1-2H3/b12-5-. The van der Waals surface area contributed by atoms with Crippen LogP contribution in [0.3, 0.4) is 0 Å². The quantitative estimate of drug-likeness (QED) is 0.776. The van der Waals surface area contributed by atoms with Crippen LogP contribution in [0.1, 0.15) is 33.1 Å². The van der Waals surface area contributed by atoms with Gasteiger partial charge in [0.15, 0.2) is 0 Å². The van der Waals surface area contributed by atoms with Crippen LogP contribution in [0.5, 0.6) is 0 Å². The van der Waals surface area contributed by atoms with Crippen molar-refractivity contribution in [2.24, 2.45) is 0 Å². The Labute approximate surface area is 121 Å². The van der Waals surface area contributed by atoms with Crippen LogP contribution >= 0.6 is 0 Å². The van der Waals surface area contributed by atoms with Crippen LogP contribution in [0.15, 0.2) is 11.6 Å². The summed E-state index contributed by atoms with van der Waals surface area (Å²) in [5.41, 5.74) is 0.757. The maximum absolute atomic E-state index is 12.6. The van der Waals surface area contributed by atoms with Gasteiger partial charge in [0.1, 0.15) is 6.04 Å². The van der Waals surface area contributed by atoms with E-state index in [2.05, 4.69) is 5.32 Å². The van der Waals surface area contributed by atoms with Crippen molar-refractivity contribution in [1.29, 1.82) is 0 Å². The van der Waals surface area contributed by atoms with Crippen LogP contribution in [0.4, 0.5) is 0 Å². The molecule has 5 nitrogen and oxygen atoms in total. The molecule has 2 aliphatic heterocycles. The first kappa shape index (κ1) is 15.0. The van der Waals surface area contributed by atoms with E-state index in [1.807, 2.05) is 24.8 Å². The Morgan fingerprint density at radius 3 is 2.60 bits per heavy atom. The average molecular weight is 279 g/mol. The number of rotatable bonds is 3. The fourth-order valence-electron chi connectivity index (χ4n) is 2.98. The SMILES string of the molecule is CC/C=C(/C)C(=O)N1CCCC1C(=O)N1CCNCC1. The van der Waals surface area contributed by atoms with Gasteiger partial charge in [-0.1, -0.05) is 13.0 Å². The fraction of sp³-hybridized carbons (Fsp3) is 0.733. The molecule has 2 saturated heterocycles. The molecule has 2 heterocycles. The van der Waals surface area contributed by atoms with Gasteiger partial charge in [0.25, 0.3) is 0 Å². The normalized spacial score (nSPS) is 24.1. The molecule has 0 bridgehead atoms. The van der Waals surface area contributed by atoms with Crippen LogP contribution in [0, 0.1) is 0 Å². The summed E-state index contributed by atoms with van der Waals surface area (Å²) in [5, 5.41) is 3.25. The zero-order valence-electron chi connectivity index (χ0n) is 12.5. The van der Waals surface area contributed by atoms with Crippen molar-refractivity contribution in [2.45, 2.75) is 39.2 Å². The minimum absolute atomic E-state index is 0.0258. The molecule has 2 fully saturated rings. The summed E-state index contributed by atoms with van der Waals surface area (Å²) >= 11 is 0. The van der Waals surface area contributed by atoms with Crippen molar-refractivity contribution in [3.8, 4) is 0 Å². The third kappa shape index (κ3) is 3.20. The molecule has 0 saturated carbocycles. The Hall–Kier alpha value is -1.36. The lowest BCUT2D eigenvalue weighted by Crippen LogP contribution is -2.53. The topological polar surface area (TPSA) is 52.7 Å². The summed E-state index contributed by atoms with van der Waals surface area (Å²) in [6, 6.07) is -0.249. The zero-order chi connectivity index (χ0) is 14.5. The Morgan fingerprint density at radius 1 is 1.25 bits per heavy atom. The molecule has 1 unspecified atom stereocenters. The van der Waals surface area contributed by atoms with Crippen molar-refractivity contribution in [3.05, 3.63) is 11.6 Å². The number of likely N-dealkylation sites (tertiary alicyclic amines) is 1. The summed E-state index contributed by atoms with van der Waals surface area (Å²) < 4.78 is 0. The van der Waals surface area contributed by atoms with E-state index in [1.165, 1.54) is 0 Å². The number of hydrogen-bond acceptors (Lipinski definition) is 3. The molecule has 1 atom stereocenters. The summed E-state index contributed by atoms with van der Waals surface area (Å²) in [7, 11) is 0. The molecule has 0 aromatic rings. The number of nitrogens with zero attached hydrogens (tertiary/aromatic N) is 2. The average Bonchev–Trinajstić information content (AvgIpc) is 2.96. The van der Waals surface area contributed by atoms with E-state index in [-0.39, 0.29) is 17.9 Å². The van der Waals surface area contributed by atoms with Gasteiger partial charge in [0, 0.05) is 38.3 Å². The van der Waals surface area contributed by atoms with Gasteiger partial charge in [-0.15, -0.1) is 0 Å². The van der Waals surface area contributed by atoms with E-state index in [0.29, 0.717) is 6.54 Å². The molecule has 2 rings (SSSR count). The monoisotopic (exact) mass is 279 g/mol. The number of allylic oxidation sites excluding steroid dienone is 1. The van der Waals surface area contributed by atoms with Gasteiger partial charge >= 0.3 is 0 Å². The van der Waals surface area contributed by atoms with Gasteiger partial charge in [-0.2, -0.15) is 0 Å². The predicted octanol–water partition coefficient (Wildman–Crippen LogP) is 0.766. The maximum Gasteiger partial charge on any atom is 0.249 e. The Kier molecular flexibility index (Phi) is 5.17. The van der Waals surface area contributed by atoms with Crippen LogP contribution in [-0.4, -0.2) is 60.4 Å². The lowest BCUT2D eigenvalue weighted by Gasteiger charge is -2.33. The molecular formula is C15H25N3O2. The highest BCUT2D eigenvalue weighted by molar-refractivity contribution is 5.96. The highest BCUT2D eigenvalue weighted by Gasteiger charge is 2.36. The summed E-state index contributed by atoms with van der Waals surface area (Å²) in [5.74, 6) is 0.152. The molecule has 0 aromatic carbocycles. The van der Waals surface area contributed by atoms with Crippen molar-refractivity contribution in [3.63, 3.8) is 0 Å². The second kappa shape index (κ2) is 6.88. The second-order valence-electron chi connectivity index (χ2n) is 5.53. The van der Waals surface area contributed by atoms with E-state index >= 15 is 0 Å². The van der Waals surface area contributed by atoms with Crippen molar-refractivity contribution in [1.82, 2.24) is 15.1 Å². The van der Waals surface area contributed by atoms with Crippen molar-refractivity contribution >= 4 is 11.8 Å². The first-order valence-electron chi connectivity index (χ1n) is 7.62. The molecule has 1 N–H and O–H groups in total. The minimum Gasteiger partial charge on any atom is -0.338 e. The first-order valence-corrected chi connectivity index (χ1v) is 7.62.